The number of H-pyrrole nitrogens is 1. The Morgan fingerprint density at radius 3 is 2.45 bits per heavy atom. The van der Waals surface area contributed by atoms with E-state index in [9.17, 15) is 4.79 Å². The van der Waals surface area contributed by atoms with Gasteiger partial charge in [0.1, 0.15) is 6.04 Å². The molecule has 164 valence electrons. The average molecular weight is 501 g/mol. The molecule has 2 aliphatic heterocycles. The van der Waals surface area contributed by atoms with Crippen LogP contribution in [-0.4, -0.2) is 37.9 Å². The molecule has 1 aromatic carbocycles. The fourth-order valence-corrected chi connectivity index (χ4v) is 7.60. The predicted octanol–water partition coefficient (Wildman–Crippen LogP) is 6.24. The van der Waals surface area contributed by atoms with Crippen molar-refractivity contribution < 1.29 is 4.79 Å². The highest BCUT2D eigenvalue weighted by Crippen LogP contribution is 2.48. The first-order chi connectivity index (χ1) is 15.1. The van der Waals surface area contributed by atoms with Crippen molar-refractivity contribution in [3.8, 4) is 0 Å². The fraction of sp³-hybridized carbons (Fsp3) is 0.600. The number of carbonyl (C=O) groups excluding carboxylic acids is 1. The van der Waals surface area contributed by atoms with Crippen LogP contribution in [0.2, 0.25) is 0 Å². The summed E-state index contributed by atoms with van der Waals surface area (Å²) in [7, 11) is 0. The third-order valence-electron chi connectivity index (χ3n) is 8.22. The van der Waals surface area contributed by atoms with Crippen molar-refractivity contribution in [3.63, 3.8) is 0 Å². The maximum atomic E-state index is 13.8. The van der Waals surface area contributed by atoms with Crippen molar-refractivity contribution >= 4 is 50.1 Å². The Bertz CT molecular complexity index is 1040. The summed E-state index contributed by atoms with van der Waals surface area (Å²) in [5.74, 6) is 0.816. The minimum absolute atomic E-state index is 0.133. The van der Waals surface area contributed by atoms with Gasteiger partial charge < -0.3 is 9.88 Å². The second kappa shape index (κ2) is 7.87. The molecule has 1 amide bonds. The predicted molar refractivity (Wildman–Crippen MR) is 131 cm³/mol. The summed E-state index contributed by atoms with van der Waals surface area (Å²) in [5, 5.41) is 2.07. The number of thiocarbonyl (C=S) groups is 1. The quantitative estimate of drug-likeness (QED) is 0.497. The summed E-state index contributed by atoms with van der Waals surface area (Å²) in [6, 6.07) is 6.85. The van der Waals surface area contributed by atoms with E-state index in [1.807, 2.05) is 4.90 Å². The van der Waals surface area contributed by atoms with Crippen LogP contribution in [0.25, 0.3) is 10.9 Å². The number of amides is 1. The second-order valence-corrected chi connectivity index (χ2v) is 11.2. The van der Waals surface area contributed by atoms with Crippen LogP contribution in [0, 0.1) is 5.92 Å². The zero-order chi connectivity index (χ0) is 21.1. The first-order valence-corrected chi connectivity index (χ1v) is 13.3. The van der Waals surface area contributed by atoms with Crippen LogP contribution in [0.5, 0.6) is 0 Å². The lowest BCUT2D eigenvalue weighted by Gasteiger charge is -2.43. The standard InChI is InChI=1S/C25H30BrN3OS/c26-16-11-12-20-18(13-16)19-14-21-24(30)28(17-9-5-2-6-10-17)25(31)29(21)23(22(19)27-20)15-7-3-1-4-8-15/h11-13,15,17,21,23,27H,1-10,14H2. The molecule has 2 aromatic rings. The van der Waals surface area contributed by atoms with E-state index in [-0.39, 0.29) is 18.0 Å². The minimum atomic E-state index is -0.133. The smallest absolute Gasteiger partial charge is 0.252 e. The monoisotopic (exact) mass is 499 g/mol. The van der Waals surface area contributed by atoms with E-state index < -0.39 is 0 Å². The maximum absolute atomic E-state index is 13.8. The minimum Gasteiger partial charge on any atom is -0.356 e. The molecular weight excluding hydrogens is 470 g/mol. The SMILES string of the molecule is O=C1C2Cc3c([nH]c4ccc(Br)cc34)C(C3CCCCC3)N2C(=S)N1C1CCCCC1. The van der Waals surface area contributed by atoms with Gasteiger partial charge in [0.25, 0.3) is 5.91 Å². The molecule has 6 heteroatoms. The van der Waals surface area contributed by atoms with E-state index in [0.29, 0.717) is 12.0 Å². The van der Waals surface area contributed by atoms with Gasteiger partial charge >= 0.3 is 0 Å². The Balaban J connectivity index is 1.46. The van der Waals surface area contributed by atoms with E-state index in [1.165, 1.54) is 73.5 Å². The van der Waals surface area contributed by atoms with Crippen LogP contribution in [0.3, 0.4) is 0 Å². The number of rotatable bonds is 2. The Labute approximate surface area is 197 Å². The molecule has 1 saturated heterocycles. The van der Waals surface area contributed by atoms with E-state index in [2.05, 4.69) is 44.0 Å². The van der Waals surface area contributed by atoms with Crippen LogP contribution in [0.15, 0.2) is 22.7 Å². The summed E-state index contributed by atoms with van der Waals surface area (Å²) >= 11 is 9.74. The van der Waals surface area contributed by atoms with E-state index >= 15 is 0 Å². The molecule has 0 bridgehead atoms. The maximum Gasteiger partial charge on any atom is 0.252 e. The van der Waals surface area contributed by atoms with Gasteiger partial charge in [-0.3, -0.25) is 9.69 Å². The summed E-state index contributed by atoms with van der Waals surface area (Å²) in [6.45, 7) is 0. The summed E-state index contributed by atoms with van der Waals surface area (Å²) in [6.07, 6.45) is 13.0. The van der Waals surface area contributed by atoms with E-state index in [4.69, 9.17) is 12.2 Å². The van der Waals surface area contributed by atoms with Crippen LogP contribution in [0.4, 0.5) is 0 Å². The number of nitrogens with zero attached hydrogens (tertiary/aromatic N) is 2. The third kappa shape index (κ3) is 3.19. The van der Waals surface area contributed by atoms with Crippen LogP contribution in [0.1, 0.15) is 81.5 Å². The molecule has 6 rings (SSSR count). The number of hydrogen-bond acceptors (Lipinski definition) is 2. The molecule has 2 atom stereocenters. The highest BCUT2D eigenvalue weighted by atomic mass is 79.9. The van der Waals surface area contributed by atoms with Crippen LogP contribution < -0.4 is 0 Å². The van der Waals surface area contributed by atoms with Crippen molar-refractivity contribution in [2.75, 3.05) is 0 Å². The lowest BCUT2D eigenvalue weighted by Crippen LogP contribution is -2.46. The van der Waals surface area contributed by atoms with Gasteiger partial charge in [0.2, 0.25) is 0 Å². The Morgan fingerprint density at radius 2 is 1.71 bits per heavy atom. The van der Waals surface area contributed by atoms with Crippen molar-refractivity contribution in [2.24, 2.45) is 5.92 Å². The number of hydrogen-bond donors (Lipinski definition) is 1. The van der Waals surface area contributed by atoms with Crippen molar-refractivity contribution in [1.82, 2.24) is 14.8 Å². The zero-order valence-electron chi connectivity index (χ0n) is 17.9. The Morgan fingerprint density at radius 1 is 1.00 bits per heavy atom. The van der Waals surface area contributed by atoms with Gasteiger partial charge in [0, 0.05) is 33.5 Å². The van der Waals surface area contributed by atoms with Crippen LogP contribution in [-0.2, 0) is 11.2 Å². The normalized spacial score (nSPS) is 27.8. The molecule has 2 aliphatic carbocycles. The van der Waals surface area contributed by atoms with E-state index in [1.54, 1.807) is 0 Å². The van der Waals surface area contributed by atoms with Gasteiger partial charge in [-0.25, -0.2) is 0 Å². The molecular formula is C25H30BrN3OS. The van der Waals surface area contributed by atoms with Gasteiger partial charge in [0.15, 0.2) is 5.11 Å². The molecule has 1 N–H and O–H groups in total. The molecule has 2 unspecified atom stereocenters. The van der Waals surface area contributed by atoms with E-state index in [0.717, 1.165) is 28.8 Å². The number of nitrogens with one attached hydrogen (secondary N) is 1. The highest BCUT2D eigenvalue weighted by Gasteiger charge is 2.53. The molecule has 4 nitrogen and oxygen atoms in total. The lowest BCUT2D eigenvalue weighted by molar-refractivity contribution is -0.130. The Kier molecular flexibility index (Phi) is 5.14. The number of fused-ring (bicyclic) bond motifs is 4. The molecule has 3 fully saturated rings. The zero-order valence-corrected chi connectivity index (χ0v) is 20.3. The number of benzene rings is 1. The topological polar surface area (TPSA) is 39.3 Å². The first-order valence-electron chi connectivity index (χ1n) is 12.1. The molecule has 0 radical (unpaired) electrons. The summed E-state index contributed by atoms with van der Waals surface area (Å²) < 4.78 is 1.09. The van der Waals surface area contributed by atoms with Gasteiger partial charge in [-0.1, -0.05) is 54.5 Å². The lowest BCUT2D eigenvalue weighted by atomic mass is 9.78. The van der Waals surface area contributed by atoms with Crippen molar-refractivity contribution in [1.29, 1.82) is 0 Å². The fourth-order valence-electron chi connectivity index (χ4n) is 6.76. The highest BCUT2D eigenvalue weighted by molar-refractivity contribution is 9.10. The summed E-state index contributed by atoms with van der Waals surface area (Å²) in [5.41, 5.74) is 3.84. The molecule has 4 aliphatic rings. The average Bonchev–Trinajstić information content (AvgIpc) is 3.28. The number of carbonyl (C=O) groups is 1. The first kappa shape index (κ1) is 20.2. The molecule has 2 saturated carbocycles. The number of halogens is 1. The molecule has 1 aromatic heterocycles. The molecule has 31 heavy (non-hydrogen) atoms. The number of aromatic amines is 1. The largest absolute Gasteiger partial charge is 0.356 e. The van der Waals surface area contributed by atoms with Gasteiger partial charge in [-0.15, -0.1) is 0 Å². The molecule has 3 heterocycles. The number of aromatic nitrogens is 1. The summed E-state index contributed by atoms with van der Waals surface area (Å²) in [4.78, 5) is 22.0. The Hall–Kier alpha value is -1.40. The third-order valence-corrected chi connectivity index (χ3v) is 9.12. The second-order valence-electron chi connectivity index (χ2n) is 9.96. The van der Waals surface area contributed by atoms with Crippen molar-refractivity contribution in [3.05, 3.63) is 33.9 Å². The molecule has 0 spiro atoms. The van der Waals surface area contributed by atoms with Crippen molar-refractivity contribution in [2.45, 2.75) is 88.8 Å². The van der Waals surface area contributed by atoms with Gasteiger partial charge in [-0.2, -0.15) is 0 Å². The van der Waals surface area contributed by atoms with Gasteiger partial charge in [-0.05, 0) is 67.6 Å². The van der Waals surface area contributed by atoms with Crippen LogP contribution >= 0.6 is 28.1 Å². The van der Waals surface area contributed by atoms with Gasteiger partial charge in [0.05, 0.1) is 6.04 Å².